The summed E-state index contributed by atoms with van der Waals surface area (Å²) in [7, 11) is 3.07. The first-order chi connectivity index (χ1) is 15.8. The van der Waals surface area contributed by atoms with Crippen molar-refractivity contribution in [3.05, 3.63) is 63.7 Å². The van der Waals surface area contributed by atoms with Crippen LogP contribution in [0, 0.1) is 6.92 Å². The van der Waals surface area contributed by atoms with Gasteiger partial charge in [-0.3, -0.25) is 19.3 Å². The summed E-state index contributed by atoms with van der Waals surface area (Å²) in [4.78, 5) is 39.8. The Balaban J connectivity index is 1.89. The van der Waals surface area contributed by atoms with Crippen LogP contribution in [0.3, 0.4) is 0 Å². The Morgan fingerprint density at radius 2 is 1.97 bits per heavy atom. The summed E-state index contributed by atoms with van der Waals surface area (Å²) in [6.45, 7) is 1.74. The molecule has 4 rings (SSSR count). The molecule has 1 saturated heterocycles. The molecule has 1 atom stereocenters. The molecule has 9 nitrogen and oxygen atoms in total. The Hall–Kier alpha value is -3.79. The number of allylic oxidation sites excluding steroid dienone is 1. The lowest BCUT2D eigenvalue weighted by Gasteiger charge is -2.25. The zero-order valence-corrected chi connectivity index (χ0v) is 19.1. The molecule has 1 unspecified atom stereocenters. The fourth-order valence-electron chi connectivity index (χ4n) is 3.89. The van der Waals surface area contributed by atoms with Crippen LogP contribution in [0.2, 0.25) is 0 Å². The normalized spacial score (nSPS) is 19.8. The van der Waals surface area contributed by atoms with Crippen LogP contribution in [-0.2, 0) is 14.4 Å². The number of methoxy groups -OCH3 is 1. The van der Waals surface area contributed by atoms with Crippen LogP contribution in [0.5, 0.6) is 5.75 Å². The SMILES string of the molecule is CNC(=O)C1=CC(C2C(=C(O)c3ccc(OC)cc3)C(=O)C(=O)N2c2nnc(C)s2)=CCC1. The molecule has 1 fully saturated rings. The maximum absolute atomic E-state index is 13.2. The molecule has 2 amide bonds. The summed E-state index contributed by atoms with van der Waals surface area (Å²) in [5.41, 5.74) is 1.37. The van der Waals surface area contributed by atoms with E-state index >= 15 is 0 Å². The number of aliphatic hydroxyl groups is 1. The molecule has 2 heterocycles. The van der Waals surface area contributed by atoms with Crippen LogP contribution in [0.4, 0.5) is 5.13 Å². The highest BCUT2D eigenvalue weighted by atomic mass is 32.1. The minimum Gasteiger partial charge on any atom is -0.507 e. The van der Waals surface area contributed by atoms with Crippen molar-refractivity contribution in [3.8, 4) is 5.75 Å². The summed E-state index contributed by atoms with van der Waals surface area (Å²) >= 11 is 1.17. The molecule has 2 N–H and O–H groups in total. The van der Waals surface area contributed by atoms with E-state index in [0.29, 0.717) is 40.3 Å². The molecule has 0 spiro atoms. The van der Waals surface area contributed by atoms with E-state index in [9.17, 15) is 19.5 Å². The number of anilines is 1. The Kier molecular flexibility index (Phi) is 6.10. The quantitative estimate of drug-likeness (QED) is 0.394. The molecule has 33 heavy (non-hydrogen) atoms. The minimum atomic E-state index is -0.945. The number of ketones is 1. The fraction of sp³-hybridized carbons (Fsp3) is 0.261. The molecule has 1 aromatic heterocycles. The van der Waals surface area contributed by atoms with Crippen molar-refractivity contribution in [2.24, 2.45) is 0 Å². The number of likely N-dealkylation sites (N-methyl/N-ethyl adjacent to an activating group) is 1. The summed E-state index contributed by atoms with van der Waals surface area (Å²) in [6, 6.07) is 5.57. The van der Waals surface area contributed by atoms with Gasteiger partial charge in [-0.05, 0) is 55.7 Å². The van der Waals surface area contributed by atoms with Crippen LogP contribution in [0.1, 0.15) is 23.4 Å². The zero-order valence-electron chi connectivity index (χ0n) is 18.3. The van der Waals surface area contributed by atoms with Gasteiger partial charge in [-0.15, -0.1) is 10.2 Å². The number of nitrogens with zero attached hydrogens (tertiary/aromatic N) is 3. The van der Waals surface area contributed by atoms with Crippen molar-refractivity contribution >= 4 is 39.8 Å². The third-order valence-electron chi connectivity index (χ3n) is 5.50. The van der Waals surface area contributed by atoms with Gasteiger partial charge in [0.25, 0.3) is 5.78 Å². The average molecular weight is 467 g/mol. The second-order valence-corrected chi connectivity index (χ2v) is 8.65. The smallest absolute Gasteiger partial charge is 0.301 e. The second-order valence-electron chi connectivity index (χ2n) is 7.49. The highest BCUT2D eigenvalue weighted by Gasteiger charge is 2.49. The Morgan fingerprint density at radius 3 is 2.58 bits per heavy atom. The highest BCUT2D eigenvalue weighted by molar-refractivity contribution is 7.15. The van der Waals surface area contributed by atoms with Gasteiger partial charge < -0.3 is 15.2 Å². The number of aromatic nitrogens is 2. The first-order valence-corrected chi connectivity index (χ1v) is 11.1. The molecule has 1 aliphatic carbocycles. The Labute approximate surface area is 194 Å². The molecule has 170 valence electrons. The minimum absolute atomic E-state index is 0.0707. The summed E-state index contributed by atoms with van der Waals surface area (Å²) in [5.74, 6) is -1.61. The molecule has 10 heteroatoms. The number of amides is 2. The van der Waals surface area contributed by atoms with Gasteiger partial charge in [-0.2, -0.15) is 0 Å². The van der Waals surface area contributed by atoms with Crippen molar-refractivity contribution in [3.63, 3.8) is 0 Å². The average Bonchev–Trinajstić information content (AvgIpc) is 3.38. The van der Waals surface area contributed by atoms with E-state index in [0.717, 1.165) is 0 Å². The van der Waals surface area contributed by atoms with Gasteiger partial charge in [-0.25, -0.2) is 0 Å². The number of aryl methyl sites for hydroxylation is 1. The maximum atomic E-state index is 13.2. The molecule has 1 aromatic carbocycles. The zero-order chi connectivity index (χ0) is 23.7. The lowest BCUT2D eigenvalue weighted by molar-refractivity contribution is -0.132. The molecule has 2 aromatic rings. The van der Waals surface area contributed by atoms with Crippen LogP contribution >= 0.6 is 11.3 Å². The van der Waals surface area contributed by atoms with Crippen molar-refractivity contribution in [2.75, 3.05) is 19.1 Å². The lowest BCUT2D eigenvalue weighted by Crippen LogP contribution is -2.36. The van der Waals surface area contributed by atoms with Gasteiger partial charge in [0.15, 0.2) is 0 Å². The van der Waals surface area contributed by atoms with Crippen molar-refractivity contribution < 1.29 is 24.2 Å². The molecular formula is C23H22N4O5S. The third kappa shape index (κ3) is 4.05. The van der Waals surface area contributed by atoms with Crippen LogP contribution in [0.15, 0.2) is 53.1 Å². The van der Waals surface area contributed by atoms with Crippen molar-refractivity contribution in [2.45, 2.75) is 25.8 Å². The monoisotopic (exact) mass is 466 g/mol. The van der Waals surface area contributed by atoms with Crippen molar-refractivity contribution in [1.29, 1.82) is 0 Å². The first kappa shape index (κ1) is 22.4. The van der Waals surface area contributed by atoms with Gasteiger partial charge in [0.05, 0.1) is 18.7 Å². The Bertz CT molecular complexity index is 1230. The van der Waals surface area contributed by atoms with Crippen LogP contribution in [-0.4, -0.2) is 53.1 Å². The predicted molar refractivity (Wildman–Crippen MR) is 123 cm³/mol. The van der Waals surface area contributed by atoms with Gasteiger partial charge in [-0.1, -0.05) is 17.4 Å². The number of benzene rings is 1. The summed E-state index contributed by atoms with van der Waals surface area (Å²) in [5, 5.41) is 22.7. The molecule has 0 bridgehead atoms. The van der Waals surface area contributed by atoms with Gasteiger partial charge in [0, 0.05) is 18.2 Å². The van der Waals surface area contributed by atoms with Crippen LogP contribution < -0.4 is 15.0 Å². The van der Waals surface area contributed by atoms with E-state index in [2.05, 4.69) is 15.5 Å². The maximum Gasteiger partial charge on any atom is 0.301 e. The largest absolute Gasteiger partial charge is 0.507 e. The number of rotatable bonds is 5. The number of ether oxygens (including phenoxy) is 1. The summed E-state index contributed by atoms with van der Waals surface area (Å²) in [6.07, 6.45) is 4.61. The van der Waals surface area contributed by atoms with E-state index in [4.69, 9.17) is 4.74 Å². The van der Waals surface area contributed by atoms with Crippen LogP contribution in [0.25, 0.3) is 5.76 Å². The highest BCUT2D eigenvalue weighted by Crippen LogP contribution is 2.39. The number of hydrogen-bond donors (Lipinski definition) is 2. The third-order valence-corrected chi connectivity index (χ3v) is 6.34. The van der Waals surface area contributed by atoms with E-state index < -0.39 is 17.7 Å². The molecule has 0 radical (unpaired) electrons. The number of Topliss-reactive ketones (excluding diaryl/α,β-unsaturated/α-hetero) is 1. The molecule has 2 aliphatic rings. The van der Waals surface area contributed by atoms with Gasteiger partial charge >= 0.3 is 5.91 Å². The predicted octanol–water partition coefficient (Wildman–Crippen LogP) is 2.50. The molecule has 0 saturated carbocycles. The van der Waals surface area contributed by atoms with E-state index in [1.807, 2.05) is 6.08 Å². The Morgan fingerprint density at radius 1 is 1.24 bits per heavy atom. The molecular weight excluding hydrogens is 444 g/mol. The lowest BCUT2D eigenvalue weighted by atomic mass is 9.89. The number of carbonyl (C=O) groups excluding carboxylic acids is 3. The van der Waals surface area contributed by atoms with Crippen molar-refractivity contribution in [1.82, 2.24) is 15.5 Å². The van der Waals surface area contributed by atoms with E-state index in [1.165, 1.54) is 23.3 Å². The number of nitrogens with one attached hydrogen (secondary N) is 1. The number of hydrogen-bond acceptors (Lipinski definition) is 8. The van der Waals surface area contributed by atoms with E-state index in [1.54, 1.807) is 44.3 Å². The fourth-order valence-corrected chi connectivity index (χ4v) is 4.60. The standard InChI is InChI=1S/C23H22N4O5S/c1-12-25-26-23(33-12)27-18(14-5-4-6-15(11-14)21(30)24-2)17(20(29)22(27)31)19(28)13-7-9-16(32-3)10-8-13/h5,7-11,18,28H,4,6H2,1-3H3,(H,24,30). The molecule has 1 aliphatic heterocycles. The van der Waals surface area contributed by atoms with Gasteiger partial charge in [0.2, 0.25) is 11.0 Å². The van der Waals surface area contributed by atoms with Gasteiger partial charge in [0.1, 0.15) is 16.5 Å². The number of carbonyl (C=O) groups is 3. The topological polar surface area (TPSA) is 122 Å². The number of aliphatic hydroxyl groups excluding tert-OH is 1. The summed E-state index contributed by atoms with van der Waals surface area (Å²) < 4.78 is 5.16. The second kappa shape index (κ2) is 8.99. The van der Waals surface area contributed by atoms with E-state index in [-0.39, 0.29) is 22.4 Å². The first-order valence-electron chi connectivity index (χ1n) is 10.2.